The fraction of sp³-hybridized carbons (Fsp3) is 0.111. The van der Waals surface area contributed by atoms with Crippen molar-refractivity contribution in [3.63, 3.8) is 0 Å². The lowest BCUT2D eigenvalue weighted by atomic mass is 10.3. The molecular weight excluding hydrogens is 150 g/mol. The zero-order valence-corrected chi connectivity index (χ0v) is 6.94. The van der Waals surface area contributed by atoms with Crippen LogP contribution in [0.25, 0.3) is 0 Å². The van der Waals surface area contributed by atoms with Gasteiger partial charge in [0.2, 0.25) is 0 Å². The van der Waals surface area contributed by atoms with Gasteiger partial charge in [-0.15, -0.1) is 0 Å². The first-order valence-electron chi connectivity index (χ1n) is 3.74. The topological polar surface area (TPSA) is 36.8 Å². The average Bonchev–Trinajstić information content (AvgIpc) is 2.14. The molecule has 0 saturated carbocycles. The van der Waals surface area contributed by atoms with Crippen molar-refractivity contribution in [1.29, 1.82) is 0 Å². The predicted molar refractivity (Wildman–Crippen MR) is 51.9 cm³/mol. The zero-order valence-electron chi connectivity index (χ0n) is 6.94. The monoisotopic (exact) mass is 161 g/mol. The predicted octanol–water partition coefficient (Wildman–Crippen LogP) is 1.94. The fourth-order valence-electron chi connectivity index (χ4n) is 0.725. The van der Waals surface area contributed by atoms with Crippen molar-refractivity contribution in [2.45, 2.75) is 6.92 Å². The Hall–Kier alpha value is -1.64. The number of nitrogens with one attached hydrogen (secondary N) is 1. The largest absolute Gasteiger partial charge is 0.268 e. The number of hydrogen-bond acceptors (Lipinski definition) is 2. The van der Waals surface area contributed by atoms with Crippen molar-refractivity contribution in [3.05, 3.63) is 30.3 Å². The van der Waals surface area contributed by atoms with Gasteiger partial charge in [-0.05, 0) is 19.1 Å². The van der Waals surface area contributed by atoms with Crippen molar-refractivity contribution in [1.82, 2.24) is 5.43 Å². The highest BCUT2D eigenvalue weighted by atomic mass is 15.3. The van der Waals surface area contributed by atoms with Gasteiger partial charge in [0.05, 0.1) is 5.69 Å². The lowest BCUT2D eigenvalue weighted by Crippen LogP contribution is -1.99. The van der Waals surface area contributed by atoms with Crippen LogP contribution < -0.4 is 5.43 Å². The van der Waals surface area contributed by atoms with Crippen LogP contribution in [0.2, 0.25) is 0 Å². The van der Waals surface area contributed by atoms with Gasteiger partial charge in [0.1, 0.15) is 6.34 Å². The van der Waals surface area contributed by atoms with Gasteiger partial charge in [-0.3, -0.25) is 5.43 Å². The number of nitrogens with zero attached hydrogens (tertiary/aromatic N) is 2. The molecule has 3 nitrogen and oxygen atoms in total. The number of aliphatic imine (C=N–C) groups is 1. The number of hydrogen-bond donors (Lipinski definition) is 1. The van der Waals surface area contributed by atoms with E-state index < -0.39 is 0 Å². The third-order valence-electron chi connectivity index (χ3n) is 1.23. The van der Waals surface area contributed by atoms with E-state index in [4.69, 9.17) is 0 Å². The summed E-state index contributed by atoms with van der Waals surface area (Å²) in [6, 6.07) is 9.68. The van der Waals surface area contributed by atoms with E-state index in [0.717, 1.165) is 5.69 Å². The second kappa shape index (κ2) is 5.07. The third-order valence-corrected chi connectivity index (χ3v) is 1.23. The number of rotatable bonds is 3. The van der Waals surface area contributed by atoms with Crippen LogP contribution in [0.3, 0.4) is 0 Å². The van der Waals surface area contributed by atoms with Crippen LogP contribution in [0.5, 0.6) is 0 Å². The highest BCUT2D eigenvalue weighted by Crippen LogP contribution is 2.07. The molecule has 0 aliphatic heterocycles. The van der Waals surface area contributed by atoms with Crippen molar-refractivity contribution in [3.8, 4) is 0 Å². The molecule has 0 atom stereocenters. The Kier molecular flexibility index (Phi) is 3.57. The van der Waals surface area contributed by atoms with Crippen molar-refractivity contribution < 1.29 is 0 Å². The van der Waals surface area contributed by atoms with E-state index >= 15 is 0 Å². The van der Waals surface area contributed by atoms with E-state index in [-0.39, 0.29) is 0 Å². The Bertz CT molecular complexity index is 264. The van der Waals surface area contributed by atoms with E-state index in [2.05, 4.69) is 15.5 Å². The summed E-state index contributed by atoms with van der Waals surface area (Å²) in [6.45, 7) is 1.84. The standard InChI is InChI=1S/C9H11N3/c1-2-11-12-8-10-9-6-4-3-5-7-9/h2-8H,1H3,(H,10,12)/b11-2-. The Labute approximate surface area is 71.8 Å². The summed E-state index contributed by atoms with van der Waals surface area (Å²) < 4.78 is 0. The number of para-hydroxylation sites is 1. The van der Waals surface area contributed by atoms with E-state index in [0.29, 0.717) is 0 Å². The molecule has 0 aliphatic rings. The molecule has 0 saturated heterocycles. The van der Waals surface area contributed by atoms with Gasteiger partial charge in [0.25, 0.3) is 0 Å². The summed E-state index contributed by atoms with van der Waals surface area (Å²) in [5.74, 6) is 0. The van der Waals surface area contributed by atoms with Gasteiger partial charge in [-0.25, -0.2) is 4.99 Å². The molecule has 3 heteroatoms. The Balaban J connectivity index is 2.47. The molecule has 0 unspecified atom stereocenters. The van der Waals surface area contributed by atoms with Crippen LogP contribution in [0, 0.1) is 0 Å². The normalized spacial score (nSPS) is 11.1. The molecule has 1 aromatic carbocycles. The quantitative estimate of drug-likeness (QED) is 0.410. The van der Waals surface area contributed by atoms with Crippen LogP contribution >= 0.6 is 0 Å². The number of hydrazone groups is 1. The van der Waals surface area contributed by atoms with Gasteiger partial charge in [0, 0.05) is 6.21 Å². The molecule has 1 rings (SSSR count). The van der Waals surface area contributed by atoms with Gasteiger partial charge >= 0.3 is 0 Å². The van der Waals surface area contributed by atoms with E-state index in [1.54, 1.807) is 12.6 Å². The van der Waals surface area contributed by atoms with Crippen molar-refractivity contribution in [2.24, 2.45) is 10.1 Å². The molecule has 62 valence electrons. The van der Waals surface area contributed by atoms with Gasteiger partial charge < -0.3 is 0 Å². The first-order chi connectivity index (χ1) is 5.93. The molecule has 1 N–H and O–H groups in total. The highest BCUT2D eigenvalue weighted by molar-refractivity contribution is 5.62. The molecule has 0 bridgehead atoms. The summed E-state index contributed by atoms with van der Waals surface area (Å²) in [4.78, 5) is 4.09. The Morgan fingerprint density at radius 2 is 2.00 bits per heavy atom. The lowest BCUT2D eigenvalue weighted by Gasteiger charge is -1.90. The van der Waals surface area contributed by atoms with E-state index in [9.17, 15) is 0 Å². The van der Waals surface area contributed by atoms with Crippen LogP contribution in [-0.2, 0) is 0 Å². The molecule has 0 radical (unpaired) electrons. The third kappa shape index (κ3) is 2.96. The van der Waals surface area contributed by atoms with Crippen molar-refractivity contribution >= 4 is 18.2 Å². The second-order valence-electron chi connectivity index (χ2n) is 2.11. The number of benzene rings is 1. The SMILES string of the molecule is C/C=N\NC=Nc1ccccc1. The summed E-state index contributed by atoms with van der Waals surface area (Å²) in [5.41, 5.74) is 3.57. The van der Waals surface area contributed by atoms with Crippen LogP contribution in [0.15, 0.2) is 40.4 Å². The molecule has 0 spiro atoms. The fourth-order valence-corrected chi connectivity index (χ4v) is 0.725. The zero-order chi connectivity index (χ0) is 8.65. The maximum absolute atomic E-state index is 4.09. The maximum Gasteiger partial charge on any atom is 0.109 e. The molecule has 0 heterocycles. The first-order valence-corrected chi connectivity index (χ1v) is 3.74. The summed E-state index contributed by atoms with van der Waals surface area (Å²) in [5, 5.41) is 3.76. The minimum absolute atomic E-state index is 0.913. The molecule has 0 aromatic heterocycles. The maximum atomic E-state index is 4.09. The average molecular weight is 161 g/mol. The highest BCUT2D eigenvalue weighted by Gasteiger charge is 1.80. The van der Waals surface area contributed by atoms with Crippen LogP contribution in [0.4, 0.5) is 5.69 Å². The summed E-state index contributed by atoms with van der Waals surface area (Å²) >= 11 is 0. The van der Waals surface area contributed by atoms with Gasteiger partial charge in [0.15, 0.2) is 0 Å². The van der Waals surface area contributed by atoms with Gasteiger partial charge in [-0.1, -0.05) is 18.2 Å². The Morgan fingerprint density at radius 3 is 2.67 bits per heavy atom. The van der Waals surface area contributed by atoms with Gasteiger partial charge in [-0.2, -0.15) is 5.10 Å². The molecular formula is C9H11N3. The van der Waals surface area contributed by atoms with Crippen molar-refractivity contribution in [2.75, 3.05) is 0 Å². The first kappa shape index (κ1) is 8.46. The minimum Gasteiger partial charge on any atom is -0.268 e. The minimum atomic E-state index is 0.913. The lowest BCUT2D eigenvalue weighted by molar-refractivity contribution is 1.06. The molecule has 0 amide bonds. The van der Waals surface area contributed by atoms with E-state index in [1.807, 2.05) is 37.3 Å². The second-order valence-corrected chi connectivity index (χ2v) is 2.11. The van der Waals surface area contributed by atoms with Crippen LogP contribution in [0.1, 0.15) is 6.92 Å². The molecule has 1 aromatic rings. The molecule has 12 heavy (non-hydrogen) atoms. The summed E-state index contributed by atoms with van der Waals surface area (Å²) in [6.07, 6.45) is 3.21. The molecule has 0 fully saturated rings. The molecule has 0 aliphatic carbocycles. The van der Waals surface area contributed by atoms with E-state index in [1.165, 1.54) is 0 Å². The van der Waals surface area contributed by atoms with Crippen LogP contribution in [-0.4, -0.2) is 12.6 Å². The smallest absolute Gasteiger partial charge is 0.109 e. The Morgan fingerprint density at radius 1 is 1.25 bits per heavy atom. The summed E-state index contributed by atoms with van der Waals surface area (Å²) in [7, 11) is 0.